The molecule has 4 heteroatoms. The van der Waals surface area contributed by atoms with Crippen LogP contribution in [0, 0.1) is 18.3 Å². The topological polar surface area (TPSA) is 59.0 Å². The highest BCUT2D eigenvalue weighted by Crippen LogP contribution is 2.33. The monoisotopic (exact) mass is 302 g/mol. The highest BCUT2D eigenvalue weighted by Gasteiger charge is 2.07. The standard InChI is InChI=1S/C14H11BrN2O/c1-9-6-11(15)7-13(17)14(9)18-12-4-2-10(8-16)3-5-12/h2-7H,17H2,1H3. The fourth-order valence-electron chi connectivity index (χ4n) is 1.61. The molecule has 0 aromatic heterocycles. The van der Waals surface area contributed by atoms with Crippen molar-refractivity contribution in [1.82, 2.24) is 0 Å². The molecular weight excluding hydrogens is 292 g/mol. The highest BCUT2D eigenvalue weighted by molar-refractivity contribution is 9.10. The highest BCUT2D eigenvalue weighted by atomic mass is 79.9. The van der Waals surface area contributed by atoms with Gasteiger partial charge in [-0.2, -0.15) is 5.26 Å². The third-order valence-corrected chi connectivity index (χ3v) is 2.93. The number of nitrogen functional groups attached to an aromatic ring is 1. The summed E-state index contributed by atoms with van der Waals surface area (Å²) in [6.07, 6.45) is 0. The fraction of sp³-hybridized carbons (Fsp3) is 0.0714. The van der Waals surface area contributed by atoms with E-state index in [4.69, 9.17) is 15.7 Å². The van der Waals surface area contributed by atoms with Gasteiger partial charge >= 0.3 is 0 Å². The number of halogens is 1. The largest absolute Gasteiger partial charge is 0.455 e. The molecule has 0 unspecified atom stereocenters. The van der Waals surface area contributed by atoms with Crippen LogP contribution in [0.3, 0.4) is 0 Å². The summed E-state index contributed by atoms with van der Waals surface area (Å²) in [6.45, 7) is 1.93. The lowest BCUT2D eigenvalue weighted by Gasteiger charge is -2.12. The van der Waals surface area contributed by atoms with E-state index < -0.39 is 0 Å². The first-order valence-corrected chi connectivity index (χ1v) is 6.13. The Morgan fingerprint density at radius 2 is 1.89 bits per heavy atom. The number of anilines is 1. The van der Waals surface area contributed by atoms with E-state index in [1.54, 1.807) is 30.3 Å². The number of aryl methyl sites for hydroxylation is 1. The molecule has 0 aliphatic rings. The van der Waals surface area contributed by atoms with E-state index >= 15 is 0 Å². The third kappa shape index (κ3) is 2.63. The Morgan fingerprint density at radius 1 is 1.22 bits per heavy atom. The minimum absolute atomic E-state index is 0.575. The lowest BCUT2D eigenvalue weighted by Crippen LogP contribution is -1.95. The molecule has 0 saturated carbocycles. The van der Waals surface area contributed by atoms with E-state index in [0.29, 0.717) is 22.7 Å². The second kappa shape index (κ2) is 5.11. The summed E-state index contributed by atoms with van der Waals surface area (Å²) < 4.78 is 6.66. The summed E-state index contributed by atoms with van der Waals surface area (Å²) in [6, 6.07) is 12.7. The molecule has 18 heavy (non-hydrogen) atoms. The van der Waals surface area contributed by atoms with Crippen LogP contribution in [0.5, 0.6) is 11.5 Å². The molecule has 0 fully saturated rings. The predicted octanol–water partition coefficient (Wildman–Crippen LogP) is 4.00. The molecule has 2 aromatic rings. The van der Waals surface area contributed by atoms with Crippen molar-refractivity contribution in [2.75, 3.05) is 5.73 Å². The first-order valence-electron chi connectivity index (χ1n) is 5.34. The summed E-state index contributed by atoms with van der Waals surface area (Å²) in [5, 5.41) is 8.72. The summed E-state index contributed by atoms with van der Waals surface area (Å²) in [5.41, 5.74) is 8.04. The van der Waals surface area contributed by atoms with Crippen LogP contribution >= 0.6 is 15.9 Å². The van der Waals surface area contributed by atoms with Gasteiger partial charge in [0.15, 0.2) is 5.75 Å². The number of nitriles is 1. The minimum atomic E-state index is 0.575. The third-order valence-electron chi connectivity index (χ3n) is 2.47. The number of ether oxygens (including phenoxy) is 1. The lowest BCUT2D eigenvalue weighted by atomic mass is 10.2. The van der Waals surface area contributed by atoms with Crippen LogP contribution in [-0.2, 0) is 0 Å². The first-order chi connectivity index (χ1) is 8.60. The van der Waals surface area contributed by atoms with Crippen LogP contribution in [0.4, 0.5) is 5.69 Å². The molecule has 0 amide bonds. The molecular formula is C14H11BrN2O. The second-order valence-corrected chi connectivity index (χ2v) is 4.79. The Labute approximate surface area is 114 Å². The van der Waals surface area contributed by atoms with Crippen molar-refractivity contribution >= 4 is 21.6 Å². The van der Waals surface area contributed by atoms with Gasteiger partial charge in [0.05, 0.1) is 17.3 Å². The summed E-state index contributed by atoms with van der Waals surface area (Å²) in [5.74, 6) is 1.30. The number of hydrogen-bond acceptors (Lipinski definition) is 3. The van der Waals surface area contributed by atoms with E-state index in [1.807, 2.05) is 13.0 Å². The van der Waals surface area contributed by atoms with Crippen molar-refractivity contribution < 1.29 is 4.74 Å². The maximum absolute atomic E-state index is 8.72. The lowest BCUT2D eigenvalue weighted by molar-refractivity contribution is 0.481. The molecule has 0 aliphatic heterocycles. The Morgan fingerprint density at radius 3 is 2.44 bits per heavy atom. The van der Waals surface area contributed by atoms with Crippen LogP contribution in [0.25, 0.3) is 0 Å². The maximum Gasteiger partial charge on any atom is 0.153 e. The summed E-state index contributed by atoms with van der Waals surface area (Å²) in [7, 11) is 0. The van der Waals surface area contributed by atoms with Gasteiger partial charge < -0.3 is 10.5 Å². The molecule has 0 aliphatic carbocycles. The molecule has 3 nitrogen and oxygen atoms in total. The van der Waals surface area contributed by atoms with Crippen LogP contribution in [0.1, 0.15) is 11.1 Å². The van der Waals surface area contributed by atoms with Gasteiger partial charge in [-0.15, -0.1) is 0 Å². The predicted molar refractivity (Wildman–Crippen MR) is 74.5 cm³/mol. The number of hydrogen-bond donors (Lipinski definition) is 1. The molecule has 0 bridgehead atoms. The molecule has 2 N–H and O–H groups in total. The SMILES string of the molecule is Cc1cc(Br)cc(N)c1Oc1ccc(C#N)cc1. The van der Waals surface area contributed by atoms with Crippen LogP contribution < -0.4 is 10.5 Å². The smallest absolute Gasteiger partial charge is 0.153 e. The summed E-state index contributed by atoms with van der Waals surface area (Å²) in [4.78, 5) is 0. The zero-order chi connectivity index (χ0) is 13.1. The molecule has 0 spiro atoms. The molecule has 0 atom stereocenters. The van der Waals surface area contributed by atoms with Gasteiger partial charge in [-0.3, -0.25) is 0 Å². The van der Waals surface area contributed by atoms with Gasteiger partial charge in [0, 0.05) is 4.47 Å². The van der Waals surface area contributed by atoms with Crippen molar-refractivity contribution in [2.24, 2.45) is 0 Å². The Bertz CT molecular complexity index is 592. The Balaban J connectivity index is 2.31. The van der Waals surface area contributed by atoms with Gasteiger partial charge in [-0.05, 0) is 48.9 Å². The van der Waals surface area contributed by atoms with Crippen molar-refractivity contribution in [1.29, 1.82) is 5.26 Å². The minimum Gasteiger partial charge on any atom is -0.455 e. The van der Waals surface area contributed by atoms with E-state index in [9.17, 15) is 0 Å². The maximum atomic E-state index is 8.72. The van der Waals surface area contributed by atoms with Crippen molar-refractivity contribution in [3.63, 3.8) is 0 Å². The summed E-state index contributed by atoms with van der Waals surface area (Å²) >= 11 is 3.38. The van der Waals surface area contributed by atoms with E-state index in [2.05, 4.69) is 22.0 Å². The van der Waals surface area contributed by atoms with Gasteiger partial charge in [0.2, 0.25) is 0 Å². The number of nitrogens with two attached hydrogens (primary N) is 1. The van der Waals surface area contributed by atoms with Crippen LogP contribution in [-0.4, -0.2) is 0 Å². The van der Waals surface area contributed by atoms with Gasteiger partial charge in [0.25, 0.3) is 0 Å². The second-order valence-electron chi connectivity index (χ2n) is 3.88. The molecule has 0 heterocycles. The Kier molecular flexibility index (Phi) is 3.54. The van der Waals surface area contributed by atoms with Crippen molar-refractivity contribution in [3.05, 3.63) is 52.0 Å². The number of benzene rings is 2. The van der Waals surface area contributed by atoms with Crippen molar-refractivity contribution in [2.45, 2.75) is 6.92 Å². The molecule has 2 rings (SSSR count). The van der Waals surface area contributed by atoms with E-state index in [1.165, 1.54) is 0 Å². The average molecular weight is 303 g/mol. The number of nitrogens with zero attached hydrogens (tertiary/aromatic N) is 1. The van der Waals surface area contributed by atoms with Crippen LogP contribution in [0.15, 0.2) is 40.9 Å². The quantitative estimate of drug-likeness (QED) is 0.853. The van der Waals surface area contributed by atoms with Gasteiger partial charge in [0.1, 0.15) is 5.75 Å². The molecule has 2 aromatic carbocycles. The average Bonchev–Trinajstić information content (AvgIpc) is 2.34. The number of rotatable bonds is 2. The van der Waals surface area contributed by atoms with Gasteiger partial charge in [-0.25, -0.2) is 0 Å². The molecule has 0 radical (unpaired) electrons. The van der Waals surface area contributed by atoms with E-state index in [-0.39, 0.29) is 0 Å². The normalized spacial score (nSPS) is 9.83. The molecule has 0 saturated heterocycles. The zero-order valence-corrected chi connectivity index (χ0v) is 11.4. The first kappa shape index (κ1) is 12.5. The zero-order valence-electron chi connectivity index (χ0n) is 9.77. The van der Waals surface area contributed by atoms with E-state index in [0.717, 1.165) is 10.0 Å². The van der Waals surface area contributed by atoms with Crippen molar-refractivity contribution in [3.8, 4) is 17.6 Å². The Hall–Kier alpha value is -1.99. The fourth-order valence-corrected chi connectivity index (χ4v) is 2.20. The van der Waals surface area contributed by atoms with Crippen LogP contribution in [0.2, 0.25) is 0 Å². The molecule has 90 valence electrons. The van der Waals surface area contributed by atoms with Gasteiger partial charge in [-0.1, -0.05) is 15.9 Å².